The number of ether oxygens (including phenoxy) is 2. The van der Waals surface area contributed by atoms with Crippen LogP contribution in [0.5, 0.6) is 5.75 Å². The van der Waals surface area contributed by atoms with Crippen LogP contribution in [0.2, 0.25) is 0 Å². The normalized spacial score (nSPS) is 18.6. The molecule has 0 spiro atoms. The first kappa shape index (κ1) is 24.3. The van der Waals surface area contributed by atoms with Crippen LogP contribution >= 0.6 is 23.1 Å². The van der Waals surface area contributed by atoms with E-state index in [1.807, 2.05) is 24.3 Å². The predicted octanol–water partition coefficient (Wildman–Crippen LogP) is 3.40. The average Bonchev–Trinajstić information content (AvgIpc) is 3.34. The van der Waals surface area contributed by atoms with Gasteiger partial charge < -0.3 is 20.1 Å². The van der Waals surface area contributed by atoms with Crippen molar-refractivity contribution in [1.29, 1.82) is 0 Å². The minimum Gasteiger partial charge on any atom is -0.497 e. The summed E-state index contributed by atoms with van der Waals surface area (Å²) in [5.41, 5.74) is 1.22. The molecule has 33 heavy (non-hydrogen) atoms. The lowest BCUT2D eigenvalue weighted by Crippen LogP contribution is -2.59. The molecule has 180 valence electrons. The summed E-state index contributed by atoms with van der Waals surface area (Å²) in [5, 5.41) is 15.7. The van der Waals surface area contributed by atoms with Crippen molar-refractivity contribution in [3.05, 3.63) is 29.8 Å². The van der Waals surface area contributed by atoms with E-state index in [1.54, 1.807) is 7.11 Å². The number of aromatic nitrogens is 2. The molecule has 2 heterocycles. The third-order valence-electron chi connectivity index (χ3n) is 6.42. The molecule has 0 atom stereocenters. The molecule has 2 aromatic rings. The van der Waals surface area contributed by atoms with Crippen LogP contribution in [0.4, 0.5) is 5.13 Å². The van der Waals surface area contributed by atoms with Crippen LogP contribution in [0.3, 0.4) is 0 Å². The maximum atomic E-state index is 12.6. The molecule has 1 aromatic heterocycles. The quantitative estimate of drug-likeness (QED) is 0.489. The molecule has 1 aliphatic carbocycles. The number of amides is 1. The van der Waals surface area contributed by atoms with Crippen LogP contribution in [0.15, 0.2) is 28.6 Å². The lowest BCUT2D eigenvalue weighted by atomic mass is 9.79. The molecule has 1 amide bonds. The number of morpholine rings is 1. The molecule has 1 aliphatic heterocycles. The Kier molecular flexibility index (Phi) is 8.82. The van der Waals surface area contributed by atoms with Gasteiger partial charge in [0.25, 0.3) is 0 Å². The Labute approximate surface area is 203 Å². The maximum absolute atomic E-state index is 12.6. The van der Waals surface area contributed by atoms with Gasteiger partial charge in [-0.2, -0.15) is 0 Å². The van der Waals surface area contributed by atoms with Crippen LogP contribution < -0.4 is 15.4 Å². The minimum absolute atomic E-state index is 0.0566. The zero-order valence-electron chi connectivity index (χ0n) is 19.2. The highest BCUT2D eigenvalue weighted by Crippen LogP contribution is 2.34. The number of hydrogen-bond donors (Lipinski definition) is 2. The summed E-state index contributed by atoms with van der Waals surface area (Å²) >= 11 is 2.91. The van der Waals surface area contributed by atoms with Gasteiger partial charge in [-0.25, -0.2) is 0 Å². The first-order valence-electron chi connectivity index (χ1n) is 11.6. The number of nitrogens with zero attached hydrogens (tertiary/aromatic N) is 3. The van der Waals surface area contributed by atoms with Crippen molar-refractivity contribution in [3.8, 4) is 5.75 Å². The molecule has 0 unspecified atom stereocenters. The van der Waals surface area contributed by atoms with E-state index >= 15 is 0 Å². The first-order valence-corrected chi connectivity index (χ1v) is 13.4. The number of carbonyl (C=O) groups excluding carboxylic acids is 1. The number of rotatable bonds is 10. The summed E-state index contributed by atoms with van der Waals surface area (Å²) < 4.78 is 11.5. The largest absolute Gasteiger partial charge is 0.497 e. The van der Waals surface area contributed by atoms with E-state index in [0.29, 0.717) is 12.3 Å². The Morgan fingerprint density at radius 3 is 2.67 bits per heavy atom. The molecule has 1 saturated heterocycles. The Morgan fingerprint density at radius 1 is 1.18 bits per heavy atom. The Hall–Kier alpha value is -1.88. The van der Waals surface area contributed by atoms with E-state index in [1.165, 1.54) is 42.4 Å². The molecule has 1 saturated carbocycles. The molecule has 8 nitrogen and oxygen atoms in total. The van der Waals surface area contributed by atoms with Crippen LogP contribution in [0.1, 0.15) is 37.7 Å². The second kappa shape index (κ2) is 12.0. The zero-order chi connectivity index (χ0) is 22.9. The van der Waals surface area contributed by atoms with Crippen LogP contribution in [-0.4, -0.2) is 72.3 Å². The minimum atomic E-state index is 0.0566. The fourth-order valence-electron chi connectivity index (χ4n) is 4.55. The second-order valence-corrected chi connectivity index (χ2v) is 10.7. The highest BCUT2D eigenvalue weighted by atomic mass is 32.2. The van der Waals surface area contributed by atoms with Gasteiger partial charge in [0.1, 0.15) is 5.75 Å². The number of anilines is 1. The smallest absolute Gasteiger partial charge is 0.230 e. The molecule has 4 rings (SSSR count). The standard InChI is InChI=1S/C23H33N5O3S2/c1-30-19-7-5-18(6-8-19)15-24-21-26-27-22(33-21)32-16-20(29)25-17-23(9-3-2-4-10-23)28-11-13-31-14-12-28/h5-8H,2-4,9-17H2,1H3,(H,24,26)(H,25,29). The number of carbonyl (C=O) groups is 1. The fraction of sp³-hybridized carbons (Fsp3) is 0.609. The molecule has 1 aromatic carbocycles. The fourth-order valence-corrected chi connectivity index (χ4v) is 6.13. The van der Waals surface area contributed by atoms with Crippen LogP contribution in [0.25, 0.3) is 0 Å². The summed E-state index contributed by atoms with van der Waals surface area (Å²) in [5.74, 6) is 1.25. The number of hydrogen-bond acceptors (Lipinski definition) is 9. The number of methoxy groups -OCH3 is 1. The summed E-state index contributed by atoms with van der Waals surface area (Å²) in [6.07, 6.45) is 6.07. The van der Waals surface area contributed by atoms with Gasteiger partial charge in [0.2, 0.25) is 11.0 Å². The highest BCUT2D eigenvalue weighted by molar-refractivity contribution is 8.01. The van der Waals surface area contributed by atoms with Crippen molar-refractivity contribution in [1.82, 2.24) is 20.4 Å². The highest BCUT2D eigenvalue weighted by Gasteiger charge is 2.38. The van der Waals surface area contributed by atoms with E-state index < -0.39 is 0 Å². The number of benzene rings is 1. The molecular formula is C23H33N5O3S2. The Morgan fingerprint density at radius 2 is 1.94 bits per heavy atom. The van der Waals surface area contributed by atoms with Crippen molar-refractivity contribution in [2.45, 2.75) is 48.5 Å². The second-order valence-electron chi connectivity index (χ2n) is 8.52. The van der Waals surface area contributed by atoms with E-state index in [4.69, 9.17) is 9.47 Å². The van der Waals surface area contributed by atoms with Gasteiger partial charge >= 0.3 is 0 Å². The van der Waals surface area contributed by atoms with Crippen LogP contribution in [0, 0.1) is 0 Å². The van der Waals surface area contributed by atoms with Gasteiger partial charge in [-0.05, 0) is 30.5 Å². The van der Waals surface area contributed by atoms with E-state index in [0.717, 1.165) is 66.5 Å². The Bertz CT molecular complexity index is 880. The monoisotopic (exact) mass is 491 g/mol. The third-order valence-corrected chi connectivity index (χ3v) is 8.43. The van der Waals surface area contributed by atoms with E-state index in [9.17, 15) is 4.79 Å². The lowest BCUT2D eigenvalue weighted by Gasteiger charge is -2.48. The van der Waals surface area contributed by atoms with Crippen molar-refractivity contribution >= 4 is 34.1 Å². The molecule has 0 bridgehead atoms. The van der Waals surface area contributed by atoms with Crippen molar-refractivity contribution in [2.24, 2.45) is 0 Å². The first-order chi connectivity index (χ1) is 16.2. The zero-order valence-corrected chi connectivity index (χ0v) is 20.8. The summed E-state index contributed by atoms with van der Waals surface area (Å²) in [6, 6.07) is 7.91. The van der Waals surface area contributed by atoms with Gasteiger partial charge in [0.15, 0.2) is 4.34 Å². The van der Waals surface area contributed by atoms with Crippen molar-refractivity contribution in [3.63, 3.8) is 0 Å². The topological polar surface area (TPSA) is 88.6 Å². The Balaban J connectivity index is 1.22. The third kappa shape index (κ3) is 6.81. The summed E-state index contributed by atoms with van der Waals surface area (Å²) in [6.45, 7) is 4.88. The van der Waals surface area contributed by atoms with Crippen molar-refractivity contribution in [2.75, 3.05) is 51.0 Å². The number of nitrogens with one attached hydrogen (secondary N) is 2. The maximum Gasteiger partial charge on any atom is 0.230 e. The predicted molar refractivity (Wildman–Crippen MR) is 132 cm³/mol. The van der Waals surface area contributed by atoms with E-state index in [-0.39, 0.29) is 11.4 Å². The van der Waals surface area contributed by atoms with Crippen LogP contribution in [-0.2, 0) is 16.1 Å². The molecular weight excluding hydrogens is 458 g/mol. The van der Waals surface area contributed by atoms with Gasteiger partial charge in [-0.3, -0.25) is 9.69 Å². The van der Waals surface area contributed by atoms with E-state index in [2.05, 4.69) is 25.7 Å². The summed E-state index contributed by atoms with van der Waals surface area (Å²) in [4.78, 5) is 15.2. The SMILES string of the molecule is COc1ccc(CNc2nnc(SCC(=O)NCC3(N4CCOCC4)CCCCC3)s2)cc1. The molecule has 2 aliphatic rings. The van der Waals surface area contributed by atoms with Gasteiger partial charge in [-0.1, -0.05) is 54.5 Å². The lowest BCUT2D eigenvalue weighted by molar-refractivity contribution is -0.119. The molecule has 2 fully saturated rings. The number of thioether (sulfide) groups is 1. The van der Waals surface area contributed by atoms with Gasteiger partial charge in [-0.15, -0.1) is 10.2 Å². The van der Waals surface area contributed by atoms with Gasteiger partial charge in [0.05, 0.1) is 26.1 Å². The molecule has 10 heteroatoms. The molecule has 0 radical (unpaired) electrons. The molecule has 2 N–H and O–H groups in total. The van der Waals surface area contributed by atoms with Gasteiger partial charge in [0, 0.05) is 31.7 Å². The van der Waals surface area contributed by atoms with Crippen molar-refractivity contribution < 1.29 is 14.3 Å². The average molecular weight is 492 g/mol. The summed E-state index contributed by atoms with van der Waals surface area (Å²) in [7, 11) is 1.66.